The van der Waals surface area contributed by atoms with E-state index in [2.05, 4.69) is 4.99 Å². The number of hydrogen-bond acceptors (Lipinski definition) is 6. The third-order valence-corrected chi connectivity index (χ3v) is 5.90. The van der Waals surface area contributed by atoms with Gasteiger partial charge in [0.1, 0.15) is 10.6 Å². The van der Waals surface area contributed by atoms with Gasteiger partial charge < -0.3 is 8.92 Å². The largest absolute Gasteiger partial charge is 0.402 e. The molecule has 0 aliphatic carbocycles. The average Bonchev–Trinajstić information content (AvgIpc) is 3.11. The summed E-state index contributed by atoms with van der Waals surface area (Å²) in [6, 6.07) is 19.6. The van der Waals surface area contributed by atoms with Gasteiger partial charge in [-0.15, -0.1) is 0 Å². The standard InChI is InChI=1S/C23H16ClNO5S/c1-15-7-10-19(11-8-15)31(27,28)30-21-12-9-18(24)13-17(21)14-20-23(26)29-22(25-20)16-5-3-2-4-6-16/h2-14H,1H3/b20-14-. The highest BCUT2D eigenvalue weighted by molar-refractivity contribution is 7.87. The van der Waals surface area contributed by atoms with Crippen LogP contribution in [0.4, 0.5) is 0 Å². The Labute approximate surface area is 184 Å². The van der Waals surface area contributed by atoms with Crippen molar-refractivity contribution >= 4 is 39.7 Å². The minimum absolute atomic E-state index is 0.00120. The van der Waals surface area contributed by atoms with Crippen LogP contribution >= 0.6 is 11.6 Å². The summed E-state index contributed by atoms with van der Waals surface area (Å²) in [5, 5.41) is 0.338. The molecule has 4 rings (SSSR count). The molecule has 31 heavy (non-hydrogen) atoms. The molecule has 0 unspecified atom stereocenters. The van der Waals surface area contributed by atoms with Crippen LogP contribution in [0.15, 0.2) is 88.4 Å². The molecule has 0 saturated carbocycles. The molecule has 1 heterocycles. The maximum Gasteiger partial charge on any atom is 0.363 e. The quantitative estimate of drug-likeness (QED) is 0.316. The molecule has 0 radical (unpaired) electrons. The highest BCUT2D eigenvalue weighted by atomic mass is 35.5. The van der Waals surface area contributed by atoms with E-state index in [1.165, 1.54) is 36.4 Å². The Morgan fingerprint density at radius 1 is 1.00 bits per heavy atom. The van der Waals surface area contributed by atoms with Gasteiger partial charge in [-0.25, -0.2) is 9.79 Å². The summed E-state index contributed by atoms with van der Waals surface area (Å²) in [6.45, 7) is 1.85. The molecule has 0 aromatic heterocycles. The highest BCUT2D eigenvalue weighted by Crippen LogP contribution is 2.30. The van der Waals surface area contributed by atoms with Crippen LogP contribution in [0.1, 0.15) is 16.7 Å². The molecule has 0 spiro atoms. The monoisotopic (exact) mass is 453 g/mol. The van der Waals surface area contributed by atoms with Gasteiger partial charge in [0.25, 0.3) is 0 Å². The number of ether oxygens (including phenoxy) is 1. The summed E-state index contributed by atoms with van der Waals surface area (Å²) in [6.07, 6.45) is 1.38. The molecule has 6 nitrogen and oxygen atoms in total. The first kappa shape index (κ1) is 20.8. The molecule has 0 N–H and O–H groups in total. The van der Waals surface area contributed by atoms with Crippen LogP contribution in [0.25, 0.3) is 6.08 Å². The van der Waals surface area contributed by atoms with Crippen molar-refractivity contribution in [1.82, 2.24) is 0 Å². The first-order valence-corrected chi connectivity index (χ1v) is 11.0. The zero-order chi connectivity index (χ0) is 22.0. The Kier molecular flexibility index (Phi) is 5.63. The number of rotatable bonds is 5. The lowest BCUT2D eigenvalue weighted by atomic mass is 10.1. The number of aryl methyl sites for hydroxylation is 1. The Morgan fingerprint density at radius 3 is 2.42 bits per heavy atom. The maximum atomic E-state index is 12.7. The second-order valence-corrected chi connectivity index (χ2v) is 8.72. The van der Waals surface area contributed by atoms with Gasteiger partial charge in [-0.1, -0.05) is 47.5 Å². The first-order valence-electron chi connectivity index (χ1n) is 9.20. The predicted molar refractivity (Wildman–Crippen MR) is 117 cm³/mol. The molecule has 3 aromatic carbocycles. The molecule has 1 aliphatic heterocycles. The SMILES string of the molecule is Cc1ccc(S(=O)(=O)Oc2ccc(Cl)cc2/C=C2\N=C(c3ccccc3)OC2=O)cc1. The smallest absolute Gasteiger partial charge is 0.363 e. The van der Waals surface area contributed by atoms with Crippen molar-refractivity contribution in [3.8, 4) is 5.75 Å². The van der Waals surface area contributed by atoms with E-state index in [0.29, 0.717) is 10.6 Å². The van der Waals surface area contributed by atoms with Crippen LogP contribution in [0, 0.1) is 6.92 Å². The third kappa shape index (κ3) is 4.68. The molecule has 0 amide bonds. The summed E-state index contributed by atoms with van der Waals surface area (Å²) in [4.78, 5) is 16.5. The molecule has 8 heteroatoms. The van der Waals surface area contributed by atoms with Crippen LogP contribution in [-0.2, 0) is 19.6 Å². The number of aliphatic imine (C=N–C) groups is 1. The first-order chi connectivity index (χ1) is 14.8. The second kappa shape index (κ2) is 8.37. The number of hydrogen-bond donors (Lipinski definition) is 0. The minimum atomic E-state index is -4.09. The number of carbonyl (C=O) groups is 1. The normalized spacial score (nSPS) is 15.0. The summed E-state index contributed by atoms with van der Waals surface area (Å²) < 4.78 is 36.0. The Bertz CT molecular complexity index is 1310. The summed E-state index contributed by atoms with van der Waals surface area (Å²) in [5.41, 5.74) is 1.83. The number of esters is 1. The van der Waals surface area contributed by atoms with Gasteiger partial charge in [0, 0.05) is 16.1 Å². The van der Waals surface area contributed by atoms with Crippen LogP contribution in [0.2, 0.25) is 5.02 Å². The highest BCUT2D eigenvalue weighted by Gasteiger charge is 2.25. The lowest BCUT2D eigenvalue weighted by molar-refractivity contribution is -0.129. The second-order valence-electron chi connectivity index (χ2n) is 6.73. The van der Waals surface area contributed by atoms with Crippen molar-refractivity contribution in [2.24, 2.45) is 4.99 Å². The Hall–Kier alpha value is -3.42. The van der Waals surface area contributed by atoms with E-state index in [0.717, 1.165) is 5.56 Å². The van der Waals surface area contributed by atoms with Gasteiger partial charge in [-0.2, -0.15) is 8.42 Å². The number of nitrogens with zero attached hydrogens (tertiary/aromatic N) is 1. The number of cyclic esters (lactones) is 1. The number of carbonyl (C=O) groups excluding carboxylic acids is 1. The van der Waals surface area contributed by atoms with E-state index in [1.807, 2.05) is 13.0 Å². The molecule has 0 saturated heterocycles. The topological polar surface area (TPSA) is 82.0 Å². The molecule has 1 aliphatic rings. The van der Waals surface area contributed by atoms with E-state index in [-0.39, 0.29) is 27.8 Å². The van der Waals surface area contributed by atoms with Crippen molar-refractivity contribution in [3.05, 3.63) is 100 Å². The Morgan fingerprint density at radius 2 is 1.71 bits per heavy atom. The molecule has 156 valence electrons. The summed E-state index contributed by atoms with van der Waals surface area (Å²) in [7, 11) is -4.09. The van der Waals surface area contributed by atoms with E-state index in [9.17, 15) is 13.2 Å². The van der Waals surface area contributed by atoms with Crippen molar-refractivity contribution < 1.29 is 22.1 Å². The van der Waals surface area contributed by atoms with E-state index < -0.39 is 16.1 Å². The van der Waals surface area contributed by atoms with Crippen LogP contribution < -0.4 is 4.18 Å². The fraction of sp³-hybridized carbons (Fsp3) is 0.0435. The Balaban J connectivity index is 1.70. The zero-order valence-corrected chi connectivity index (χ0v) is 17.9. The summed E-state index contributed by atoms with van der Waals surface area (Å²) >= 11 is 6.08. The number of benzene rings is 3. The lowest BCUT2D eigenvalue weighted by Gasteiger charge is -2.10. The van der Waals surface area contributed by atoms with Crippen molar-refractivity contribution in [2.75, 3.05) is 0 Å². The van der Waals surface area contributed by atoms with Crippen LogP contribution in [0.5, 0.6) is 5.75 Å². The van der Waals surface area contributed by atoms with E-state index >= 15 is 0 Å². The van der Waals surface area contributed by atoms with Gasteiger partial charge in [0.15, 0.2) is 5.70 Å². The minimum Gasteiger partial charge on any atom is -0.402 e. The molecule has 0 atom stereocenters. The summed E-state index contributed by atoms with van der Waals surface area (Å²) in [5.74, 6) is -0.492. The number of halogens is 1. The molecular weight excluding hydrogens is 438 g/mol. The molecule has 0 fully saturated rings. The zero-order valence-electron chi connectivity index (χ0n) is 16.3. The third-order valence-electron chi connectivity index (χ3n) is 4.41. The fourth-order valence-corrected chi connectivity index (χ4v) is 3.97. The molecule has 3 aromatic rings. The maximum absolute atomic E-state index is 12.7. The predicted octanol–water partition coefficient (Wildman–Crippen LogP) is 4.76. The lowest BCUT2D eigenvalue weighted by Crippen LogP contribution is -2.10. The fourth-order valence-electron chi connectivity index (χ4n) is 2.84. The van der Waals surface area contributed by atoms with Gasteiger partial charge in [0.2, 0.25) is 5.90 Å². The molecule has 0 bridgehead atoms. The van der Waals surface area contributed by atoms with Gasteiger partial charge in [0.05, 0.1) is 0 Å². The van der Waals surface area contributed by atoms with Crippen LogP contribution in [-0.4, -0.2) is 20.3 Å². The van der Waals surface area contributed by atoms with Gasteiger partial charge in [-0.05, 0) is 55.5 Å². The van der Waals surface area contributed by atoms with E-state index in [1.54, 1.807) is 36.4 Å². The molecular formula is C23H16ClNO5S. The average molecular weight is 454 g/mol. The van der Waals surface area contributed by atoms with Crippen molar-refractivity contribution in [1.29, 1.82) is 0 Å². The van der Waals surface area contributed by atoms with Gasteiger partial charge in [-0.3, -0.25) is 0 Å². The van der Waals surface area contributed by atoms with Crippen molar-refractivity contribution in [2.45, 2.75) is 11.8 Å². The van der Waals surface area contributed by atoms with Crippen LogP contribution in [0.3, 0.4) is 0 Å². The van der Waals surface area contributed by atoms with Gasteiger partial charge >= 0.3 is 16.1 Å². The van der Waals surface area contributed by atoms with E-state index in [4.69, 9.17) is 20.5 Å². The van der Waals surface area contributed by atoms with Crippen molar-refractivity contribution in [3.63, 3.8) is 0 Å².